The predicted molar refractivity (Wildman–Crippen MR) is 142 cm³/mol. The Morgan fingerprint density at radius 1 is 1.11 bits per heavy atom. The normalized spacial score (nSPS) is 21.2. The minimum Gasteiger partial charge on any atom is -0.480 e. The molecule has 4 rings (SSSR count). The van der Waals surface area contributed by atoms with Gasteiger partial charge in [-0.3, -0.25) is 9.59 Å². The number of sulfonamides is 1. The summed E-state index contributed by atoms with van der Waals surface area (Å²) in [6.45, 7) is 1.96. The number of hydrogen-bond acceptors (Lipinski definition) is 7. The molecule has 2 N–H and O–H groups in total. The van der Waals surface area contributed by atoms with Crippen molar-refractivity contribution in [3.05, 3.63) is 77.3 Å². The average molecular weight is 566 g/mol. The van der Waals surface area contributed by atoms with Crippen LogP contribution in [0.1, 0.15) is 18.9 Å². The lowest BCUT2D eigenvalue weighted by Crippen LogP contribution is -2.49. The fraction of sp³-hybridized carbons (Fsp3) is 0.280. The highest BCUT2D eigenvalue weighted by Gasteiger charge is 2.74. The van der Waals surface area contributed by atoms with E-state index in [1.807, 2.05) is 6.07 Å². The van der Waals surface area contributed by atoms with Gasteiger partial charge in [-0.15, -0.1) is 23.1 Å². The number of thioether (sulfide) groups is 1. The number of nitrogens with one attached hydrogen (secondary N) is 1. The van der Waals surface area contributed by atoms with E-state index in [9.17, 15) is 23.1 Å². The Bertz CT molecular complexity index is 1360. The summed E-state index contributed by atoms with van der Waals surface area (Å²) in [4.78, 5) is 25.2. The van der Waals surface area contributed by atoms with E-state index in [0.29, 0.717) is 15.5 Å². The molecular formula is C25H24ClNO6S3. The van der Waals surface area contributed by atoms with Gasteiger partial charge in [-0.25, -0.2) is 8.42 Å². The second-order valence-electron chi connectivity index (χ2n) is 8.36. The largest absolute Gasteiger partial charge is 0.480 e. The Balaban J connectivity index is 1.63. The number of carbonyl (C=O) groups is 2. The molecule has 0 aliphatic heterocycles. The second kappa shape index (κ2) is 10.5. The van der Waals surface area contributed by atoms with Crippen molar-refractivity contribution in [2.75, 3.05) is 18.1 Å². The van der Waals surface area contributed by atoms with Crippen molar-refractivity contribution in [1.29, 1.82) is 0 Å². The van der Waals surface area contributed by atoms with Crippen molar-refractivity contribution in [3.8, 4) is 10.4 Å². The maximum Gasteiger partial charge on any atom is 0.325 e. The number of aliphatic carboxylic acids is 1. The topological polar surface area (TPSA) is 110 Å². The van der Waals surface area contributed by atoms with Crippen LogP contribution in [-0.4, -0.2) is 49.1 Å². The van der Waals surface area contributed by atoms with E-state index in [0.717, 1.165) is 16.9 Å². The van der Waals surface area contributed by atoms with Crippen molar-refractivity contribution in [2.24, 2.45) is 0 Å². The van der Waals surface area contributed by atoms with Crippen LogP contribution in [-0.2, 0) is 29.8 Å². The third kappa shape index (κ3) is 5.19. The number of hydrogen-bond donors (Lipinski definition) is 2. The molecule has 2 atom stereocenters. The molecule has 1 heterocycles. The molecule has 1 aliphatic rings. The van der Waals surface area contributed by atoms with Crippen molar-refractivity contribution in [3.63, 3.8) is 0 Å². The van der Waals surface area contributed by atoms with Gasteiger partial charge < -0.3 is 9.84 Å². The zero-order valence-electron chi connectivity index (χ0n) is 19.3. The van der Waals surface area contributed by atoms with Crippen molar-refractivity contribution >= 4 is 56.7 Å². The van der Waals surface area contributed by atoms with Gasteiger partial charge in [0.15, 0.2) is 0 Å². The number of thiophene rings is 1. The molecule has 1 aliphatic carbocycles. The van der Waals surface area contributed by atoms with Crippen molar-refractivity contribution < 1.29 is 27.9 Å². The van der Waals surface area contributed by atoms with E-state index >= 15 is 0 Å². The molecule has 0 radical (unpaired) electrons. The van der Waals surface area contributed by atoms with Gasteiger partial charge in [0, 0.05) is 21.1 Å². The van der Waals surface area contributed by atoms with E-state index < -0.39 is 32.9 Å². The molecule has 1 fully saturated rings. The van der Waals surface area contributed by atoms with Gasteiger partial charge in [-0.1, -0.05) is 54.1 Å². The number of rotatable bonds is 11. The molecule has 0 amide bonds. The summed E-state index contributed by atoms with van der Waals surface area (Å²) < 4.78 is 34.3. The summed E-state index contributed by atoms with van der Waals surface area (Å²) in [5.74, 6) is -1.40. The maximum atomic E-state index is 13.4. The maximum absolute atomic E-state index is 13.4. The molecule has 190 valence electrons. The molecule has 7 nitrogen and oxygen atoms in total. The number of carbonyl (C=O) groups excluding carboxylic acids is 1. The summed E-state index contributed by atoms with van der Waals surface area (Å²) in [5, 5.41) is 10.8. The van der Waals surface area contributed by atoms with Gasteiger partial charge in [-0.2, -0.15) is 4.72 Å². The fourth-order valence-electron chi connectivity index (χ4n) is 4.25. The summed E-state index contributed by atoms with van der Waals surface area (Å²) in [6, 6.07) is 19.1. The standard InChI is InChI=1S/C25H24ClNO6S3/c1-2-33-21(28)14-34-16-24(18-6-4-3-5-7-18)15-25(24,23(29)30)27-36(31,32)22-13-12-20(35-22)17-8-10-19(26)11-9-17/h3-13,27H,2,14-16H2,1H3,(H,29,30)/t24-,25+/m1/s1. The van der Waals surface area contributed by atoms with E-state index in [1.54, 1.807) is 61.5 Å². The molecule has 1 saturated carbocycles. The number of carboxylic acids is 1. The lowest BCUT2D eigenvalue weighted by atomic mass is 9.92. The van der Waals surface area contributed by atoms with E-state index in [1.165, 1.54) is 17.8 Å². The van der Waals surface area contributed by atoms with Crippen LogP contribution in [0.3, 0.4) is 0 Å². The average Bonchev–Trinajstić information content (AvgIpc) is 3.22. The summed E-state index contributed by atoms with van der Waals surface area (Å²) in [6.07, 6.45) is 0.0593. The van der Waals surface area contributed by atoms with Gasteiger partial charge in [0.2, 0.25) is 0 Å². The van der Waals surface area contributed by atoms with Crippen LogP contribution in [0, 0.1) is 0 Å². The lowest BCUT2D eigenvalue weighted by molar-refractivity contribution is -0.141. The molecule has 0 bridgehead atoms. The lowest BCUT2D eigenvalue weighted by Gasteiger charge is -2.24. The Labute approximate surface area is 222 Å². The predicted octanol–water partition coefficient (Wildman–Crippen LogP) is 4.81. The number of esters is 1. The number of ether oxygens (including phenoxy) is 1. The van der Waals surface area contributed by atoms with Gasteiger partial charge in [0.05, 0.1) is 12.4 Å². The second-order valence-corrected chi connectivity index (χ2v) is 12.8. The number of carboxylic acid groups (broad SMARTS) is 1. The smallest absolute Gasteiger partial charge is 0.325 e. The van der Waals surface area contributed by atoms with E-state index in [2.05, 4.69) is 4.72 Å². The summed E-state index contributed by atoms with van der Waals surface area (Å²) >= 11 is 8.23. The van der Waals surface area contributed by atoms with Crippen LogP contribution in [0.5, 0.6) is 0 Å². The Morgan fingerprint density at radius 3 is 2.44 bits per heavy atom. The zero-order chi connectivity index (χ0) is 26.0. The monoisotopic (exact) mass is 565 g/mol. The summed E-state index contributed by atoms with van der Waals surface area (Å²) in [5.41, 5.74) is -1.28. The Hall–Kier alpha value is -2.37. The Morgan fingerprint density at radius 2 is 1.81 bits per heavy atom. The zero-order valence-corrected chi connectivity index (χ0v) is 22.5. The van der Waals surface area contributed by atoms with Gasteiger partial charge in [-0.05, 0) is 48.7 Å². The number of halogens is 1. The Kier molecular flexibility index (Phi) is 7.82. The molecule has 0 saturated heterocycles. The third-order valence-corrected chi connectivity index (χ3v) is 10.6. The van der Waals surface area contributed by atoms with Crippen LogP contribution < -0.4 is 4.72 Å². The van der Waals surface area contributed by atoms with Crippen LogP contribution in [0.15, 0.2) is 70.9 Å². The van der Waals surface area contributed by atoms with Gasteiger partial charge in [0.1, 0.15) is 9.75 Å². The molecule has 3 aromatic rings. The minimum absolute atomic E-state index is 0.0149. The third-order valence-electron chi connectivity index (χ3n) is 6.11. The molecule has 0 unspecified atom stereocenters. The molecule has 36 heavy (non-hydrogen) atoms. The highest BCUT2D eigenvalue weighted by Crippen LogP contribution is 2.60. The van der Waals surface area contributed by atoms with E-state index in [-0.39, 0.29) is 28.7 Å². The molecule has 2 aromatic carbocycles. The van der Waals surface area contributed by atoms with Crippen LogP contribution >= 0.6 is 34.7 Å². The van der Waals surface area contributed by atoms with Gasteiger partial charge in [0.25, 0.3) is 10.0 Å². The quantitative estimate of drug-likeness (QED) is 0.321. The van der Waals surface area contributed by atoms with Crippen LogP contribution in [0.25, 0.3) is 10.4 Å². The molecule has 11 heteroatoms. The highest BCUT2D eigenvalue weighted by molar-refractivity contribution is 8.00. The first-order valence-corrected chi connectivity index (χ1v) is 14.9. The SMILES string of the molecule is CCOC(=O)CSC[C@@]1(c2ccccc2)C[C@]1(NS(=O)(=O)c1ccc(-c2ccc(Cl)cc2)s1)C(=O)O. The molecule has 1 aromatic heterocycles. The van der Waals surface area contributed by atoms with Crippen LogP contribution in [0.2, 0.25) is 5.02 Å². The van der Waals surface area contributed by atoms with Gasteiger partial charge >= 0.3 is 11.9 Å². The van der Waals surface area contributed by atoms with Crippen molar-refractivity contribution in [1.82, 2.24) is 4.72 Å². The van der Waals surface area contributed by atoms with Crippen molar-refractivity contribution in [2.45, 2.75) is 28.5 Å². The minimum atomic E-state index is -4.16. The summed E-state index contributed by atoms with van der Waals surface area (Å²) in [7, 11) is -4.16. The highest BCUT2D eigenvalue weighted by atomic mass is 35.5. The fourth-order valence-corrected chi connectivity index (χ4v) is 8.33. The number of benzene rings is 2. The first kappa shape index (κ1) is 26.7. The van der Waals surface area contributed by atoms with Crippen LogP contribution in [0.4, 0.5) is 0 Å². The van der Waals surface area contributed by atoms with E-state index in [4.69, 9.17) is 16.3 Å². The molecular weight excluding hydrogens is 542 g/mol. The first-order valence-electron chi connectivity index (χ1n) is 11.1. The first-order chi connectivity index (χ1) is 17.1. The molecule has 0 spiro atoms.